The lowest BCUT2D eigenvalue weighted by Gasteiger charge is -2.39. The van der Waals surface area contributed by atoms with E-state index >= 15 is 0 Å². The average molecular weight is 271 g/mol. The molecule has 0 aliphatic heterocycles. The van der Waals surface area contributed by atoms with Crippen LogP contribution < -0.4 is 9.47 Å². The highest BCUT2D eigenvalue weighted by Crippen LogP contribution is 2.51. The lowest BCUT2D eigenvalue weighted by Crippen LogP contribution is -2.42. The molecular weight excluding hydrogens is 256 g/mol. The van der Waals surface area contributed by atoms with Gasteiger partial charge in [-0.2, -0.15) is 0 Å². The van der Waals surface area contributed by atoms with Gasteiger partial charge >= 0.3 is 5.97 Å². The molecule has 0 amide bonds. The lowest BCUT2D eigenvalue weighted by molar-refractivity contribution is -0.147. The van der Waals surface area contributed by atoms with E-state index in [0.29, 0.717) is 34.9 Å². The first-order valence-corrected chi connectivity index (χ1v) is 6.09. The third-order valence-electron chi connectivity index (χ3n) is 3.60. The van der Waals surface area contributed by atoms with Crippen LogP contribution >= 0.6 is 11.6 Å². The Morgan fingerprint density at radius 3 is 2.28 bits per heavy atom. The summed E-state index contributed by atoms with van der Waals surface area (Å²) in [7, 11) is 2.98. The van der Waals surface area contributed by atoms with Gasteiger partial charge in [0.25, 0.3) is 0 Å². The molecule has 0 unspecified atom stereocenters. The van der Waals surface area contributed by atoms with Gasteiger partial charge in [-0.1, -0.05) is 24.1 Å². The Balaban J connectivity index is 2.61. The molecule has 1 fully saturated rings. The summed E-state index contributed by atoms with van der Waals surface area (Å²) in [6.45, 7) is 0. The summed E-state index contributed by atoms with van der Waals surface area (Å²) in [4.78, 5) is 11.5. The SMILES string of the molecule is COc1c(Cl)ccc(C2(C(=O)O)CCC2)c1OC. The molecule has 1 saturated carbocycles. The van der Waals surface area contributed by atoms with E-state index in [1.165, 1.54) is 14.2 Å². The van der Waals surface area contributed by atoms with Crippen LogP contribution in [0.5, 0.6) is 11.5 Å². The minimum atomic E-state index is -0.858. The van der Waals surface area contributed by atoms with Crippen LogP contribution in [0.15, 0.2) is 12.1 Å². The molecule has 4 nitrogen and oxygen atoms in total. The van der Waals surface area contributed by atoms with Crippen molar-refractivity contribution in [1.29, 1.82) is 0 Å². The average Bonchev–Trinajstić information content (AvgIpc) is 2.28. The number of carbonyl (C=O) groups is 1. The zero-order valence-electron chi connectivity index (χ0n) is 10.3. The van der Waals surface area contributed by atoms with E-state index in [2.05, 4.69) is 0 Å². The number of hydrogen-bond acceptors (Lipinski definition) is 3. The summed E-state index contributed by atoms with van der Waals surface area (Å²) in [5, 5.41) is 9.88. The standard InChI is InChI=1S/C13H15ClO4/c1-17-10-8(4-5-9(14)11(10)18-2)13(12(15)16)6-3-7-13/h4-5H,3,6-7H2,1-2H3,(H,15,16). The van der Waals surface area contributed by atoms with Gasteiger partial charge in [0.1, 0.15) is 0 Å². The molecule has 1 aromatic carbocycles. The van der Waals surface area contributed by atoms with Crippen molar-refractivity contribution in [3.05, 3.63) is 22.7 Å². The maximum absolute atomic E-state index is 11.5. The summed E-state index contributed by atoms with van der Waals surface area (Å²) < 4.78 is 10.5. The highest BCUT2D eigenvalue weighted by molar-refractivity contribution is 6.32. The van der Waals surface area contributed by atoms with Crippen molar-refractivity contribution in [3.63, 3.8) is 0 Å². The van der Waals surface area contributed by atoms with Gasteiger partial charge in [0.15, 0.2) is 11.5 Å². The second-order valence-corrected chi connectivity index (χ2v) is 4.81. The van der Waals surface area contributed by atoms with Crippen LogP contribution in [0, 0.1) is 0 Å². The van der Waals surface area contributed by atoms with E-state index in [0.717, 1.165) is 6.42 Å². The van der Waals surface area contributed by atoms with Crippen LogP contribution in [0.25, 0.3) is 0 Å². The zero-order valence-corrected chi connectivity index (χ0v) is 11.1. The van der Waals surface area contributed by atoms with Crippen molar-refractivity contribution in [1.82, 2.24) is 0 Å². The fraction of sp³-hybridized carbons (Fsp3) is 0.462. The quantitative estimate of drug-likeness (QED) is 0.914. The molecule has 98 valence electrons. The Labute approximate surface area is 110 Å². The molecule has 0 aromatic heterocycles. The number of methoxy groups -OCH3 is 2. The summed E-state index contributed by atoms with van der Waals surface area (Å²) in [5.74, 6) is -0.00674. The number of benzene rings is 1. The molecule has 0 bridgehead atoms. The van der Waals surface area contributed by atoms with Gasteiger partial charge in [0.05, 0.1) is 24.7 Å². The molecule has 0 heterocycles. The molecule has 2 rings (SSSR count). The number of ether oxygens (including phenoxy) is 2. The van der Waals surface area contributed by atoms with Gasteiger partial charge in [-0.15, -0.1) is 0 Å². The van der Waals surface area contributed by atoms with E-state index in [1.807, 2.05) is 0 Å². The van der Waals surface area contributed by atoms with Crippen LogP contribution in [0.4, 0.5) is 0 Å². The van der Waals surface area contributed by atoms with E-state index in [-0.39, 0.29) is 0 Å². The first-order chi connectivity index (χ1) is 8.56. The first kappa shape index (κ1) is 13.0. The Morgan fingerprint density at radius 1 is 1.28 bits per heavy atom. The molecule has 1 aliphatic rings. The molecule has 0 radical (unpaired) electrons. The molecule has 1 aromatic rings. The van der Waals surface area contributed by atoms with Crippen LogP contribution in [0.2, 0.25) is 5.02 Å². The summed E-state index contributed by atoms with van der Waals surface area (Å²) in [5.41, 5.74) is -0.214. The maximum atomic E-state index is 11.5. The number of carboxylic acids is 1. The van der Waals surface area contributed by atoms with Crippen LogP contribution in [-0.2, 0) is 10.2 Å². The monoisotopic (exact) mass is 270 g/mol. The van der Waals surface area contributed by atoms with E-state index < -0.39 is 11.4 Å². The van der Waals surface area contributed by atoms with Crippen molar-refractivity contribution >= 4 is 17.6 Å². The highest BCUT2D eigenvalue weighted by Gasteiger charge is 2.48. The largest absolute Gasteiger partial charge is 0.492 e. The fourth-order valence-electron chi connectivity index (χ4n) is 2.44. The van der Waals surface area contributed by atoms with Gasteiger partial charge < -0.3 is 14.6 Å². The molecule has 1 aliphatic carbocycles. The number of carboxylic acid groups (broad SMARTS) is 1. The maximum Gasteiger partial charge on any atom is 0.314 e. The summed E-state index contributed by atoms with van der Waals surface area (Å²) in [6, 6.07) is 3.37. The first-order valence-electron chi connectivity index (χ1n) is 5.71. The normalized spacial score (nSPS) is 16.8. The molecule has 18 heavy (non-hydrogen) atoms. The number of aliphatic carboxylic acids is 1. The Kier molecular flexibility index (Phi) is 3.39. The molecule has 0 spiro atoms. The molecule has 1 N–H and O–H groups in total. The lowest BCUT2D eigenvalue weighted by atomic mass is 9.64. The van der Waals surface area contributed by atoms with Gasteiger partial charge in [0.2, 0.25) is 0 Å². The smallest absolute Gasteiger partial charge is 0.314 e. The summed E-state index contributed by atoms with van der Waals surface area (Å²) in [6.07, 6.45) is 2.13. The van der Waals surface area contributed by atoms with Crippen molar-refractivity contribution in [2.45, 2.75) is 24.7 Å². The van der Waals surface area contributed by atoms with Crippen LogP contribution in [0.3, 0.4) is 0 Å². The molecular formula is C13H15ClO4. The minimum Gasteiger partial charge on any atom is -0.492 e. The zero-order chi connectivity index (χ0) is 13.3. The predicted octanol–water partition coefficient (Wildman–Crippen LogP) is 2.86. The van der Waals surface area contributed by atoms with Crippen molar-refractivity contribution in [2.75, 3.05) is 14.2 Å². The Hall–Kier alpha value is -1.42. The Morgan fingerprint density at radius 2 is 1.89 bits per heavy atom. The van der Waals surface area contributed by atoms with E-state index in [9.17, 15) is 9.90 Å². The van der Waals surface area contributed by atoms with Crippen LogP contribution in [0.1, 0.15) is 24.8 Å². The number of hydrogen-bond donors (Lipinski definition) is 1. The minimum absolute atomic E-state index is 0.393. The second-order valence-electron chi connectivity index (χ2n) is 4.40. The third-order valence-corrected chi connectivity index (χ3v) is 3.90. The van der Waals surface area contributed by atoms with Gasteiger partial charge in [0, 0.05) is 5.56 Å². The number of halogens is 1. The van der Waals surface area contributed by atoms with E-state index in [1.54, 1.807) is 12.1 Å². The second kappa shape index (κ2) is 4.69. The van der Waals surface area contributed by atoms with Gasteiger partial charge in [-0.05, 0) is 18.9 Å². The summed E-state index contributed by atoms with van der Waals surface area (Å²) >= 11 is 6.02. The van der Waals surface area contributed by atoms with Crippen LogP contribution in [-0.4, -0.2) is 25.3 Å². The van der Waals surface area contributed by atoms with Gasteiger partial charge in [-0.25, -0.2) is 0 Å². The number of rotatable bonds is 4. The van der Waals surface area contributed by atoms with Crippen molar-refractivity contribution in [2.24, 2.45) is 0 Å². The molecule has 0 saturated heterocycles. The Bertz CT molecular complexity index is 480. The highest BCUT2D eigenvalue weighted by atomic mass is 35.5. The molecule has 0 atom stereocenters. The topological polar surface area (TPSA) is 55.8 Å². The predicted molar refractivity (Wildman–Crippen MR) is 67.7 cm³/mol. The van der Waals surface area contributed by atoms with E-state index in [4.69, 9.17) is 21.1 Å². The third kappa shape index (κ3) is 1.72. The molecule has 5 heteroatoms. The van der Waals surface area contributed by atoms with Crippen molar-refractivity contribution in [3.8, 4) is 11.5 Å². The van der Waals surface area contributed by atoms with Gasteiger partial charge in [-0.3, -0.25) is 4.79 Å². The van der Waals surface area contributed by atoms with Crippen molar-refractivity contribution < 1.29 is 19.4 Å². The fourth-order valence-corrected chi connectivity index (χ4v) is 2.66.